The van der Waals surface area contributed by atoms with E-state index in [1.54, 1.807) is 0 Å². The highest BCUT2D eigenvalue weighted by Gasteiger charge is 2.29. The van der Waals surface area contributed by atoms with E-state index < -0.39 is 0 Å². The summed E-state index contributed by atoms with van der Waals surface area (Å²) in [6.07, 6.45) is 8.58. The Kier molecular flexibility index (Phi) is 4.17. The van der Waals surface area contributed by atoms with Crippen molar-refractivity contribution in [2.45, 2.75) is 44.7 Å². The molecule has 5 nitrogen and oxygen atoms in total. The molecule has 1 aromatic heterocycles. The number of anilines is 1. The lowest BCUT2D eigenvalue weighted by molar-refractivity contribution is 0.273. The van der Waals surface area contributed by atoms with E-state index in [2.05, 4.69) is 19.8 Å². The average Bonchev–Trinajstić information content (AvgIpc) is 2.76. The maximum absolute atomic E-state index is 5.81. The smallest absolute Gasteiger partial charge is 0.225 e. The maximum atomic E-state index is 5.81. The molecule has 3 rings (SSSR count). The monoisotopic (exact) mass is 275 g/mol. The largest absolute Gasteiger partial charge is 0.339 e. The number of aromatic nitrogens is 2. The Hall–Kier alpha value is -1.20. The summed E-state index contributed by atoms with van der Waals surface area (Å²) >= 11 is 0. The van der Waals surface area contributed by atoms with Crippen LogP contribution in [0.1, 0.15) is 31.7 Å². The number of rotatable bonds is 3. The Balaban J connectivity index is 1.68. The van der Waals surface area contributed by atoms with Crippen LogP contribution in [0.5, 0.6) is 0 Å². The van der Waals surface area contributed by atoms with Gasteiger partial charge in [0, 0.05) is 44.1 Å². The molecule has 0 bridgehead atoms. The number of hydrogen-bond acceptors (Lipinski definition) is 5. The average molecular weight is 275 g/mol. The van der Waals surface area contributed by atoms with Crippen molar-refractivity contribution in [1.29, 1.82) is 0 Å². The van der Waals surface area contributed by atoms with Crippen LogP contribution in [0.3, 0.4) is 0 Å². The van der Waals surface area contributed by atoms with Crippen molar-refractivity contribution < 1.29 is 0 Å². The normalized spacial score (nSPS) is 25.3. The first kappa shape index (κ1) is 13.8. The van der Waals surface area contributed by atoms with Gasteiger partial charge in [0.15, 0.2) is 0 Å². The molecule has 2 aliphatic heterocycles. The van der Waals surface area contributed by atoms with E-state index in [0.717, 1.165) is 31.0 Å². The van der Waals surface area contributed by atoms with Gasteiger partial charge in [-0.3, -0.25) is 4.90 Å². The van der Waals surface area contributed by atoms with Crippen LogP contribution in [0, 0.1) is 0 Å². The van der Waals surface area contributed by atoms with Gasteiger partial charge in [-0.2, -0.15) is 0 Å². The molecule has 1 aromatic rings. The molecule has 0 radical (unpaired) electrons. The summed E-state index contributed by atoms with van der Waals surface area (Å²) < 4.78 is 0. The third-order valence-corrected chi connectivity index (χ3v) is 4.34. The predicted molar refractivity (Wildman–Crippen MR) is 80.8 cm³/mol. The quantitative estimate of drug-likeness (QED) is 0.893. The van der Waals surface area contributed by atoms with Crippen molar-refractivity contribution in [1.82, 2.24) is 14.9 Å². The maximum Gasteiger partial charge on any atom is 0.225 e. The second-order valence-electron chi connectivity index (χ2n) is 6.20. The van der Waals surface area contributed by atoms with Crippen LogP contribution in [0.4, 0.5) is 5.95 Å². The molecule has 2 fully saturated rings. The molecular formula is C15H25N5. The SMILES string of the molecule is CC(N)Cc1cnc(N2CCCN3CCCC3C2)nc1. The molecule has 5 heteroatoms. The molecule has 2 N–H and O–H groups in total. The van der Waals surface area contributed by atoms with E-state index >= 15 is 0 Å². The Morgan fingerprint density at radius 2 is 2.00 bits per heavy atom. The number of nitrogens with two attached hydrogens (primary N) is 1. The topological polar surface area (TPSA) is 58.3 Å². The molecule has 3 heterocycles. The van der Waals surface area contributed by atoms with Gasteiger partial charge in [-0.15, -0.1) is 0 Å². The highest BCUT2D eigenvalue weighted by atomic mass is 15.3. The fourth-order valence-electron chi connectivity index (χ4n) is 3.38. The van der Waals surface area contributed by atoms with Crippen LogP contribution in [0.25, 0.3) is 0 Å². The first-order valence-electron chi connectivity index (χ1n) is 7.78. The van der Waals surface area contributed by atoms with Gasteiger partial charge in [-0.05, 0) is 44.7 Å². The minimum Gasteiger partial charge on any atom is -0.339 e. The van der Waals surface area contributed by atoms with Crippen LogP contribution < -0.4 is 10.6 Å². The lowest BCUT2D eigenvalue weighted by Crippen LogP contribution is -2.37. The fourth-order valence-corrected chi connectivity index (χ4v) is 3.38. The van der Waals surface area contributed by atoms with E-state index in [1.807, 2.05) is 19.3 Å². The van der Waals surface area contributed by atoms with Gasteiger partial charge in [-0.1, -0.05) is 0 Å². The molecule has 2 saturated heterocycles. The van der Waals surface area contributed by atoms with Crippen LogP contribution in [0.15, 0.2) is 12.4 Å². The van der Waals surface area contributed by atoms with Gasteiger partial charge in [0.2, 0.25) is 5.95 Å². The van der Waals surface area contributed by atoms with Crippen molar-refractivity contribution in [2.24, 2.45) is 5.73 Å². The first-order valence-corrected chi connectivity index (χ1v) is 7.78. The zero-order valence-electron chi connectivity index (χ0n) is 12.3. The van der Waals surface area contributed by atoms with Crippen molar-refractivity contribution in [2.75, 3.05) is 31.1 Å². The van der Waals surface area contributed by atoms with Gasteiger partial charge < -0.3 is 10.6 Å². The molecule has 20 heavy (non-hydrogen) atoms. The van der Waals surface area contributed by atoms with Crippen molar-refractivity contribution in [3.8, 4) is 0 Å². The standard InChI is InChI=1S/C15H25N5/c1-12(16)8-13-9-17-15(18-10-13)20-7-3-6-19-5-2-4-14(19)11-20/h9-10,12,14H,2-8,11,16H2,1H3. The van der Waals surface area contributed by atoms with Gasteiger partial charge >= 0.3 is 0 Å². The zero-order valence-corrected chi connectivity index (χ0v) is 12.3. The Labute approximate surface area is 121 Å². The summed E-state index contributed by atoms with van der Waals surface area (Å²) in [5.41, 5.74) is 6.94. The van der Waals surface area contributed by atoms with E-state index in [-0.39, 0.29) is 6.04 Å². The van der Waals surface area contributed by atoms with Crippen LogP contribution in [-0.2, 0) is 6.42 Å². The van der Waals surface area contributed by atoms with E-state index in [9.17, 15) is 0 Å². The number of nitrogens with zero attached hydrogens (tertiary/aromatic N) is 4. The van der Waals surface area contributed by atoms with Crippen molar-refractivity contribution in [3.05, 3.63) is 18.0 Å². The zero-order chi connectivity index (χ0) is 13.9. The lowest BCUT2D eigenvalue weighted by Gasteiger charge is -2.25. The van der Waals surface area contributed by atoms with Gasteiger partial charge in [0.05, 0.1) is 0 Å². The van der Waals surface area contributed by atoms with Gasteiger partial charge in [-0.25, -0.2) is 9.97 Å². The highest BCUT2D eigenvalue weighted by Crippen LogP contribution is 2.23. The number of hydrogen-bond donors (Lipinski definition) is 1. The minimum atomic E-state index is 0.162. The number of fused-ring (bicyclic) bond motifs is 1. The molecule has 0 amide bonds. The molecule has 0 aliphatic carbocycles. The van der Waals surface area contributed by atoms with E-state index in [4.69, 9.17) is 5.73 Å². The van der Waals surface area contributed by atoms with Crippen LogP contribution >= 0.6 is 0 Å². The molecule has 0 aromatic carbocycles. The Bertz CT molecular complexity index is 430. The van der Waals surface area contributed by atoms with Crippen LogP contribution in [-0.4, -0.2) is 53.1 Å². The molecule has 0 spiro atoms. The second kappa shape index (κ2) is 6.06. The third kappa shape index (κ3) is 3.10. The van der Waals surface area contributed by atoms with Gasteiger partial charge in [0.1, 0.15) is 0 Å². The van der Waals surface area contributed by atoms with Crippen molar-refractivity contribution in [3.63, 3.8) is 0 Å². The predicted octanol–water partition coefficient (Wildman–Crippen LogP) is 1.04. The second-order valence-corrected chi connectivity index (χ2v) is 6.20. The minimum absolute atomic E-state index is 0.162. The highest BCUT2D eigenvalue weighted by molar-refractivity contribution is 5.31. The molecule has 0 saturated carbocycles. The van der Waals surface area contributed by atoms with Gasteiger partial charge in [0.25, 0.3) is 0 Å². The molecule has 2 atom stereocenters. The summed E-state index contributed by atoms with van der Waals surface area (Å²) in [4.78, 5) is 14.1. The first-order chi connectivity index (χ1) is 9.72. The summed E-state index contributed by atoms with van der Waals surface area (Å²) in [5.74, 6) is 0.882. The molecular weight excluding hydrogens is 250 g/mol. The Morgan fingerprint density at radius 1 is 1.25 bits per heavy atom. The summed E-state index contributed by atoms with van der Waals surface area (Å²) in [5, 5.41) is 0. The summed E-state index contributed by atoms with van der Waals surface area (Å²) in [6.45, 7) is 6.65. The Morgan fingerprint density at radius 3 is 2.75 bits per heavy atom. The van der Waals surface area contributed by atoms with Crippen LogP contribution in [0.2, 0.25) is 0 Å². The summed E-state index contributed by atoms with van der Waals surface area (Å²) in [7, 11) is 0. The fraction of sp³-hybridized carbons (Fsp3) is 0.733. The molecule has 2 unspecified atom stereocenters. The molecule has 2 aliphatic rings. The van der Waals surface area contributed by atoms with E-state index in [1.165, 1.54) is 32.4 Å². The third-order valence-electron chi connectivity index (χ3n) is 4.34. The lowest BCUT2D eigenvalue weighted by atomic mass is 10.1. The van der Waals surface area contributed by atoms with E-state index in [0.29, 0.717) is 6.04 Å². The summed E-state index contributed by atoms with van der Waals surface area (Å²) in [6, 6.07) is 0.861. The molecule has 110 valence electrons. The van der Waals surface area contributed by atoms with Crippen molar-refractivity contribution >= 4 is 5.95 Å².